The molecule has 0 saturated carbocycles. The summed E-state index contributed by atoms with van der Waals surface area (Å²) in [5.74, 6) is -0.139. The van der Waals surface area contributed by atoms with Crippen LogP contribution in [0.15, 0.2) is 18.2 Å². The van der Waals surface area contributed by atoms with E-state index in [-0.39, 0.29) is 29.9 Å². The summed E-state index contributed by atoms with van der Waals surface area (Å²) < 4.78 is 6.34. The van der Waals surface area contributed by atoms with Crippen LogP contribution in [0.1, 0.15) is 53.6 Å². The summed E-state index contributed by atoms with van der Waals surface area (Å²) >= 11 is 0. The van der Waals surface area contributed by atoms with E-state index in [0.29, 0.717) is 24.8 Å². The second-order valence-corrected chi connectivity index (χ2v) is 7.61. The zero-order chi connectivity index (χ0) is 18.6. The number of amides is 3. The Kier molecular flexibility index (Phi) is 3.62. The minimum absolute atomic E-state index is 0.223. The average Bonchev–Trinajstić information content (AvgIpc) is 2.96. The average molecular weight is 367 g/mol. The molecule has 3 amide bonds. The molecule has 4 heterocycles. The molecule has 0 aromatic heterocycles. The largest absolute Gasteiger partial charge is 0.482 e. The van der Waals surface area contributed by atoms with Crippen molar-refractivity contribution in [2.45, 2.75) is 44.2 Å². The summed E-state index contributed by atoms with van der Waals surface area (Å²) in [6, 6.07) is 3.71. The van der Waals surface area contributed by atoms with Crippen molar-refractivity contribution in [3.8, 4) is 5.75 Å². The molecule has 1 N–H and O–H groups in total. The minimum Gasteiger partial charge on any atom is -0.482 e. The van der Waals surface area contributed by atoms with Gasteiger partial charge in [-0.3, -0.25) is 14.4 Å². The molecule has 0 atom stereocenters. The van der Waals surface area contributed by atoms with Gasteiger partial charge in [0.25, 0.3) is 5.91 Å². The summed E-state index contributed by atoms with van der Waals surface area (Å²) in [5.41, 5.74) is 1.91. The first-order valence-corrected chi connectivity index (χ1v) is 9.50. The lowest BCUT2D eigenvalue weighted by Gasteiger charge is -2.38. The molecule has 140 valence electrons. The number of nitrogens with one attached hydrogen (secondary N) is 1. The van der Waals surface area contributed by atoms with E-state index in [4.69, 9.17) is 4.74 Å². The summed E-state index contributed by atoms with van der Waals surface area (Å²) in [6.45, 7) is 2.05. The van der Waals surface area contributed by atoms with Crippen LogP contribution < -0.4 is 10.1 Å². The third-order valence-electron chi connectivity index (χ3n) is 5.85. The van der Waals surface area contributed by atoms with Crippen LogP contribution in [-0.2, 0) is 16.1 Å². The van der Waals surface area contributed by atoms with Gasteiger partial charge in [0, 0.05) is 36.8 Å². The summed E-state index contributed by atoms with van der Waals surface area (Å²) in [7, 11) is 0. The fourth-order valence-electron chi connectivity index (χ4n) is 4.35. The number of fused-ring (bicyclic) bond motifs is 2. The number of nitrogens with zero attached hydrogens (tertiary/aromatic N) is 2. The van der Waals surface area contributed by atoms with Crippen LogP contribution in [0.25, 0.3) is 6.08 Å². The third kappa shape index (κ3) is 2.56. The number of carbonyl (C=O) groups is 3. The van der Waals surface area contributed by atoms with Gasteiger partial charge in [0.2, 0.25) is 11.8 Å². The highest BCUT2D eigenvalue weighted by atomic mass is 16.5. The molecule has 0 radical (unpaired) electrons. The number of carbonyl (C=O) groups excluding carboxylic acids is 3. The number of hydrazine groups is 1. The molecule has 0 bridgehead atoms. The van der Waals surface area contributed by atoms with E-state index in [2.05, 4.69) is 11.4 Å². The molecule has 27 heavy (non-hydrogen) atoms. The lowest BCUT2D eigenvalue weighted by Crippen LogP contribution is -2.51. The van der Waals surface area contributed by atoms with Crippen LogP contribution in [0.3, 0.4) is 0 Å². The number of imide groups is 1. The molecule has 0 unspecified atom stereocenters. The second-order valence-electron chi connectivity index (χ2n) is 7.61. The van der Waals surface area contributed by atoms with E-state index >= 15 is 0 Å². The highest BCUT2D eigenvalue weighted by Crippen LogP contribution is 2.39. The van der Waals surface area contributed by atoms with E-state index < -0.39 is 0 Å². The molecule has 2 saturated heterocycles. The Morgan fingerprint density at radius 3 is 2.52 bits per heavy atom. The van der Waals surface area contributed by atoms with Crippen molar-refractivity contribution in [2.75, 3.05) is 13.1 Å². The van der Waals surface area contributed by atoms with E-state index in [0.717, 1.165) is 47.8 Å². The smallest absolute Gasteiger partial charge is 0.273 e. The molecule has 2 fully saturated rings. The number of rotatable bonds is 1. The van der Waals surface area contributed by atoms with Crippen LogP contribution >= 0.6 is 0 Å². The maximum Gasteiger partial charge on any atom is 0.273 e. The number of ether oxygens (including phenoxy) is 1. The molecule has 5 rings (SSSR count). The lowest BCUT2D eigenvalue weighted by atomic mass is 9.88. The summed E-state index contributed by atoms with van der Waals surface area (Å²) in [4.78, 5) is 37.3. The summed E-state index contributed by atoms with van der Waals surface area (Å²) in [6.07, 6.45) is 7.07. The number of hydrogen-bond donors (Lipinski definition) is 1. The molecule has 1 aromatic carbocycles. The van der Waals surface area contributed by atoms with Gasteiger partial charge in [-0.05, 0) is 43.3 Å². The topological polar surface area (TPSA) is 79.0 Å². The Morgan fingerprint density at radius 2 is 1.78 bits per heavy atom. The highest BCUT2D eigenvalue weighted by molar-refractivity contribution is 6.05. The van der Waals surface area contributed by atoms with Gasteiger partial charge >= 0.3 is 0 Å². The van der Waals surface area contributed by atoms with Crippen molar-refractivity contribution < 1.29 is 19.1 Å². The van der Waals surface area contributed by atoms with Gasteiger partial charge in [-0.1, -0.05) is 6.08 Å². The molecule has 0 aliphatic carbocycles. The van der Waals surface area contributed by atoms with Crippen LogP contribution in [0.4, 0.5) is 0 Å². The molecular weight excluding hydrogens is 346 g/mol. The molecule has 1 aromatic rings. The Balaban J connectivity index is 1.46. The van der Waals surface area contributed by atoms with Gasteiger partial charge in [0.15, 0.2) is 0 Å². The van der Waals surface area contributed by atoms with Crippen molar-refractivity contribution in [3.05, 3.63) is 34.9 Å². The monoisotopic (exact) mass is 367 g/mol. The van der Waals surface area contributed by atoms with Crippen molar-refractivity contribution in [2.24, 2.45) is 0 Å². The molecular formula is C20H21N3O4. The molecule has 1 spiro atoms. The van der Waals surface area contributed by atoms with Crippen LogP contribution in [-0.4, -0.2) is 46.4 Å². The number of hydrogen-bond acceptors (Lipinski definition) is 5. The van der Waals surface area contributed by atoms with E-state index in [9.17, 15) is 14.4 Å². The molecule has 7 heteroatoms. The van der Waals surface area contributed by atoms with E-state index in [1.165, 1.54) is 5.01 Å². The number of piperidine rings is 2. The maximum atomic E-state index is 12.9. The quantitative estimate of drug-likeness (QED) is 0.763. The van der Waals surface area contributed by atoms with E-state index in [1.807, 2.05) is 18.2 Å². The fourth-order valence-corrected chi connectivity index (χ4v) is 4.35. The van der Waals surface area contributed by atoms with Crippen molar-refractivity contribution in [3.63, 3.8) is 0 Å². The Hall–Kier alpha value is -2.67. The second kappa shape index (κ2) is 5.92. The Labute approximate surface area is 156 Å². The number of benzene rings is 1. The normalized spacial score (nSPS) is 23.5. The van der Waals surface area contributed by atoms with Crippen molar-refractivity contribution in [1.29, 1.82) is 0 Å². The first kappa shape index (κ1) is 16.5. The van der Waals surface area contributed by atoms with Crippen LogP contribution in [0, 0.1) is 0 Å². The predicted octanol–water partition coefficient (Wildman–Crippen LogP) is 1.62. The maximum absolute atomic E-state index is 12.9. The molecule has 7 nitrogen and oxygen atoms in total. The van der Waals surface area contributed by atoms with E-state index in [1.54, 1.807) is 0 Å². The minimum atomic E-state index is -0.304. The fraction of sp³-hybridized carbons (Fsp3) is 0.450. The molecule has 4 aliphatic rings. The highest BCUT2D eigenvalue weighted by Gasteiger charge is 2.41. The third-order valence-corrected chi connectivity index (χ3v) is 5.85. The van der Waals surface area contributed by atoms with Crippen molar-refractivity contribution >= 4 is 23.8 Å². The Morgan fingerprint density at radius 1 is 1.04 bits per heavy atom. The van der Waals surface area contributed by atoms with Crippen LogP contribution in [0.5, 0.6) is 5.75 Å². The van der Waals surface area contributed by atoms with Gasteiger partial charge in [-0.2, -0.15) is 5.01 Å². The first-order chi connectivity index (χ1) is 13.1. The van der Waals surface area contributed by atoms with Crippen molar-refractivity contribution in [1.82, 2.24) is 15.3 Å². The first-order valence-electron chi connectivity index (χ1n) is 9.50. The summed E-state index contributed by atoms with van der Waals surface area (Å²) in [5, 5.41) is 5.66. The van der Waals surface area contributed by atoms with Gasteiger partial charge in [-0.15, -0.1) is 0 Å². The lowest BCUT2D eigenvalue weighted by molar-refractivity contribution is -0.163. The van der Waals surface area contributed by atoms with Gasteiger partial charge < -0.3 is 10.1 Å². The zero-order valence-corrected chi connectivity index (χ0v) is 15.0. The van der Waals surface area contributed by atoms with Crippen LogP contribution in [0.2, 0.25) is 0 Å². The molecule has 4 aliphatic heterocycles. The van der Waals surface area contributed by atoms with Gasteiger partial charge in [0.05, 0.1) is 6.54 Å². The predicted molar refractivity (Wildman–Crippen MR) is 96.5 cm³/mol. The zero-order valence-electron chi connectivity index (χ0n) is 15.0. The standard InChI is InChI=1S/C20H21N3O4/c24-17-2-1-3-18(25)23(17)22-12-14-11-16-13(10-15(14)19(22)26)4-5-20(27-16)6-8-21-9-7-20/h4-5,10-11,21H,1-3,6-9,12H2. The Bertz CT molecular complexity index is 869. The van der Waals surface area contributed by atoms with Gasteiger partial charge in [0.1, 0.15) is 11.4 Å². The SMILES string of the molecule is O=C1c2cc3c(cc2CN1N1C(=O)CCCC1=O)OC1(C=C3)CCNCC1. The van der Waals surface area contributed by atoms with Gasteiger partial charge in [-0.25, -0.2) is 5.01 Å².